The van der Waals surface area contributed by atoms with Crippen molar-refractivity contribution >= 4 is 10.4 Å². The first-order chi connectivity index (χ1) is 4.18. The summed E-state index contributed by atoms with van der Waals surface area (Å²) in [4.78, 5) is 0. The minimum Gasteiger partial charge on any atom is -0.155 e. The van der Waals surface area contributed by atoms with Crippen LogP contribution in [0.3, 0.4) is 0 Å². The average Bonchev–Trinajstić information content (AvgIpc) is 1.05. The summed E-state index contributed by atoms with van der Waals surface area (Å²) in [6.07, 6.45) is -6.16. The van der Waals surface area contributed by atoms with Gasteiger partial charge in [-0.3, -0.25) is 0 Å². The van der Waals surface area contributed by atoms with Crippen LogP contribution in [0.15, 0.2) is 0 Å². The molecule has 0 radical (unpaired) electrons. The second-order valence-electron chi connectivity index (χ2n) is 1.57. The third-order valence-electron chi connectivity index (χ3n) is 0.309. The average molecular weight is 211 g/mol. The first-order valence-corrected chi connectivity index (χ1v) is 3.74. The molecule has 0 saturated carbocycles. The van der Waals surface area contributed by atoms with Crippen molar-refractivity contribution in [3.8, 4) is 0 Å². The Labute approximate surface area is 55.2 Å². The van der Waals surface area contributed by atoms with Gasteiger partial charge in [-0.2, -0.15) is 13.2 Å². The third-order valence-corrected chi connectivity index (χ3v) is 0.926. The van der Waals surface area contributed by atoms with Crippen LogP contribution < -0.4 is 4.72 Å². The molecule has 11 heavy (non-hydrogen) atoms. The molecule has 72 valence electrons. The fourth-order valence-corrected chi connectivity index (χ4v) is 0.656. The molecule has 0 aromatic rings. The van der Waals surface area contributed by atoms with Crippen LogP contribution in [0.1, 0.15) is 0 Å². The van der Waals surface area contributed by atoms with Gasteiger partial charge < -0.3 is 0 Å². The van der Waals surface area contributed by atoms with Crippen LogP contribution in [0, 0.1) is 0 Å². The molecule has 0 aliphatic heterocycles. The van der Waals surface area contributed by atoms with E-state index in [1.807, 2.05) is 0 Å². The highest BCUT2D eigenvalue weighted by molar-refractivity contribution is 8.44. The predicted octanol–water partition coefficient (Wildman–Crippen LogP) is 3.31. The second kappa shape index (κ2) is 1.58. The van der Waals surface area contributed by atoms with Crippen molar-refractivity contribution in [1.29, 1.82) is 0 Å². The van der Waals surface area contributed by atoms with Gasteiger partial charge in [-0.05, 0) is 0 Å². The maximum absolute atomic E-state index is 10.9. The molecule has 0 rings (SSSR count). The Kier molecular flexibility index (Phi) is 1.54. The van der Waals surface area contributed by atoms with Crippen molar-refractivity contribution in [1.82, 2.24) is 4.72 Å². The molecular formula is CHF8NS. The molecule has 0 saturated heterocycles. The zero-order valence-corrected chi connectivity index (χ0v) is 5.25. The molecule has 1 N–H and O–H groups in total. The van der Waals surface area contributed by atoms with Crippen molar-refractivity contribution in [2.24, 2.45) is 0 Å². The van der Waals surface area contributed by atoms with Crippen molar-refractivity contribution in [2.45, 2.75) is 6.30 Å². The Hall–Kier alpha value is -0.250. The summed E-state index contributed by atoms with van der Waals surface area (Å²) in [6.45, 7) is 0. The number of rotatable bonds is 1. The van der Waals surface area contributed by atoms with E-state index >= 15 is 0 Å². The van der Waals surface area contributed by atoms with Gasteiger partial charge in [-0.1, -0.05) is 24.2 Å². The van der Waals surface area contributed by atoms with Crippen LogP contribution in [0.5, 0.6) is 0 Å². The number of hydrogen-bond donors (Lipinski definition) is 1. The van der Waals surface area contributed by atoms with Crippen LogP contribution >= 0.6 is 10.4 Å². The zero-order valence-electron chi connectivity index (χ0n) is 4.43. The molecular weight excluding hydrogens is 210 g/mol. The van der Waals surface area contributed by atoms with E-state index in [1.54, 1.807) is 0 Å². The summed E-state index contributed by atoms with van der Waals surface area (Å²) in [5.74, 6) is 0. The van der Waals surface area contributed by atoms with Crippen molar-refractivity contribution in [2.75, 3.05) is 0 Å². The van der Waals surface area contributed by atoms with Gasteiger partial charge in [0.15, 0.2) is 0 Å². The van der Waals surface area contributed by atoms with E-state index in [1.165, 1.54) is 0 Å². The summed E-state index contributed by atoms with van der Waals surface area (Å²) >= 11 is 0. The molecule has 0 bridgehead atoms. The minimum absolute atomic E-state index is 1.60. The SMILES string of the molecule is FC(F)(F)NS(F)(F)(F)(F)F. The van der Waals surface area contributed by atoms with E-state index in [0.717, 1.165) is 0 Å². The molecule has 0 amide bonds. The predicted molar refractivity (Wildman–Crippen MR) is 22.3 cm³/mol. The van der Waals surface area contributed by atoms with Gasteiger partial charge in [-0.25, -0.2) is 0 Å². The van der Waals surface area contributed by atoms with Crippen molar-refractivity contribution < 1.29 is 32.6 Å². The standard InChI is InChI=1S/CHF8NS/c2-1(3,4)10-11(5,6,7,8)9/h10H. The lowest BCUT2D eigenvalue weighted by molar-refractivity contribution is -0.144. The summed E-state index contributed by atoms with van der Waals surface area (Å²) < 4.78 is 85.1. The summed E-state index contributed by atoms with van der Waals surface area (Å²) in [6, 6.07) is 0. The maximum atomic E-state index is 10.9. The highest BCUT2D eigenvalue weighted by Gasteiger charge is 2.69. The molecule has 10 heteroatoms. The third kappa shape index (κ3) is 9.75. The maximum Gasteiger partial charge on any atom is 0.473 e. The van der Waals surface area contributed by atoms with E-state index < -0.39 is 21.4 Å². The largest absolute Gasteiger partial charge is 0.473 e. The number of alkyl halides is 3. The number of hydrogen-bond acceptors (Lipinski definition) is 1. The Morgan fingerprint density at radius 2 is 1.09 bits per heavy atom. The van der Waals surface area contributed by atoms with Gasteiger partial charge in [0.25, 0.3) is 0 Å². The fraction of sp³-hybridized carbons (Fsp3) is 1.00. The van der Waals surface area contributed by atoms with Crippen molar-refractivity contribution in [3.05, 3.63) is 0 Å². The molecule has 0 aromatic carbocycles. The normalized spacial score (nSPS) is 20.7. The first-order valence-electron chi connectivity index (χ1n) is 1.79. The van der Waals surface area contributed by atoms with E-state index in [2.05, 4.69) is 0 Å². The Morgan fingerprint density at radius 1 is 0.818 bits per heavy atom. The molecule has 0 heterocycles. The van der Waals surface area contributed by atoms with E-state index in [4.69, 9.17) is 0 Å². The van der Waals surface area contributed by atoms with Gasteiger partial charge in [-0.15, -0.1) is 0 Å². The summed E-state index contributed by atoms with van der Waals surface area (Å²) in [7, 11) is -10.6. The molecule has 0 aliphatic carbocycles. The van der Waals surface area contributed by atoms with Crippen molar-refractivity contribution in [3.63, 3.8) is 0 Å². The van der Waals surface area contributed by atoms with Crippen LogP contribution in [-0.2, 0) is 0 Å². The van der Waals surface area contributed by atoms with E-state index in [9.17, 15) is 32.6 Å². The van der Waals surface area contributed by atoms with Gasteiger partial charge in [0.2, 0.25) is 0 Å². The Balaban J connectivity index is 4.66. The second-order valence-corrected chi connectivity index (χ2v) is 3.71. The molecule has 0 aromatic heterocycles. The molecule has 0 unspecified atom stereocenters. The van der Waals surface area contributed by atoms with E-state index in [-0.39, 0.29) is 0 Å². The number of halogens is 8. The van der Waals surface area contributed by atoms with Gasteiger partial charge in [0, 0.05) is 0 Å². The highest BCUT2D eigenvalue weighted by Crippen LogP contribution is 2.95. The molecule has 0 aliphatic rings. The Bertz CT molecular complexity index is 156. The molecule has 1 nitrogen and oxygen atoms in total. The minimum atomic E-state index is -10.6. The van der Waals surface area contributed by atoms with E-state index in [0.29, 0.717) is 0 Å². The van der Waals surface area contributed by atoms with Crippen LogP contribution in [0.4, 0.5) is 32.6 Å². The first kappa shape index (κ1) is 10.8. The lowest BCUT2D eigenvalue weighted by Gasteiger charge is -2.40. The van der Waals surface area contributed by atoms with Gasteiger partial charge in [0.1, 0.15) is 0 Å². The summed E-state index contributed by atoms with van der Waals surface area (Å²) in [5.41, 5.74) is 0. The smallest absolute Gasteiger partial charge is 0.155 e. The number of nitrogens with one attached hydrogen (secondary N) is 1. The van der Waals surface area contributed by atoms with Crippen LogP contribution in [0.2, 0.25) is 0 Å². The lowest BCUT2D eigenvalue weighted by atomic mass is 11.3. The Morgan fingerprint density at radius 3 is 1.09 bits per heavy atom. The van der Waals surface area contributed by atoms with Crippen LogP contribution in [0.25, 0.3) is 0 Å². The molecule has 0 atom stereocenters. The van der Waals surface area contributed by atoms with Crippen LogP contribution in [-0.4, -0.2) is 6.30 Å². The summed E-state index contributed by atoms with van der Waals surface area (Å²) in [5, 5.41) is 0. The van der Waals surface area contributed by atoms with Gasteiger partial charge in [0.05, 0.1) is 0 Å². The molecule has 0 fully saturated rings. The molecule has 0 spiro atoms. The lowest BCUT2D eigenvalue weighted by Crippen LogP contribution is -2.39. The topological polar surface area (TPSA) is 12.0 Å². The zero-order chi connectivity index (χ0) is 9.62. The van der Waals surface area contributed by atoms with Gasteiger partial charge >= 0.3 is 16.7 Å². The fourth-order valence-electron chi connectivity index (χ4n) is 0.219. The quantitative estimate of drug-likeness (QED) is 0.518. The monoisotopic (exact) mass is 211 g/mol. The highest BCUT2D eigenvalue weighted by atomic mass is 32.5.